The van der Waals surface area contributed by atoms with Gasteiger partial charge in [0, 0.05) is 24.7 Å². The van der Waals surface area contributed by atoms with Crippen LogP contribution in [0.3, 0.4) is 0 Å². The molecule has 2 N–H and O–H groups in total. The standard InChI is InChI=1S/C14H18N2O4S/c1-15-14(18)11-2-4-12(5-3-11)16-13(17)8-10-6-7-21(19,20)9-10/h2-5,10H,6-9H2,1H3,(H,15,18)(H,16,17)/t10-/m0/s1. The van der Waals surface area contributed by atoms with E-state index in [1.54, 1.807) is 31.3 Å². The summed E-state index contributed by atoms with van der Waals surface area (Å²) in [5.41, 5.74) is 1.10. The first-order chi connectivity index (χ1) is 9.89. The summed E-state index contributed by atoms with van der Waals surface area (Å²) in [4.78, 5) is 23.3. The number of anilines is 1. The lowest BCUT2D eigenvalue weighted by molar-refractivity contribution is -0.116. The minimum Gasteiger partial charge on any atom is -0.355 e. The number of hydrogen-bond acceptors (Lipinski definition) is 4. The van der Waals surface area contributed by atoms with Crippen molar-refractivity contribution in [1.82, 2.24) is 5.32 Å². The van der Waals surface area contributed by atoms with Gasteiger partial charge in [0.05, 0.1) is 11.5 Å². The van der Waals surface area contributed by atoms with Crippen LogP contribution in [-0.2, 0) is 14.6 Å². The van der Waals surface area contributed by atoms with Crippen LogP contribution >= 0.6 is 0 Å². The summed E-state index contributed by atoms with van der Waals surface area (Å²) in [6.45, 7) is 0. The Morgan fingerprint density at radius 2 is 1.90 bits per heavy atom. The summed E-state index contributed by atoms with van der Waals surface area (Å²) < 4.78 is 22.7. The first-order valence-electron chi connectivity index (χ1n) is 6.72. The molecule has 2 rings (SSSR count). The molecule has 7 heteroatoms. The Bertz CT molecular complexity index is 637. The smallest absolute Gasteiger partial charge is 0.251 e. The fourth-order valence-corrected chi connectivity index (χ4v) is 4.22. The number of amides is 2. The average Bonchev–Trinajstić information content (AvgIpc) is 2.77. The van der Waals surface area contributed by atoms with E-state index in [9.17, 15) is 18.0 Å². The maximum absolute atomic E-state index is 11.9. The van der Waals surface area contributed by atoms with E-state index in [1.165, 1.54) is 0 Å². The van der Waals surface area contributed by atoms with E-state index in [4.69, 9.17) is 0 Å². The van der Waals surface area contributed by atoms with Crippen LogP contribution in [-0.4, -0.2) is 38.8 Å². The summed E-state index contributed by atoms with van der Waals surface area (Å²) in [5.74, 6) is -0.226. The summed E-state index contributed by atoms with van der Waals surface area (Å²) in [6.07, 6.45) is 0.752. The third kappa shape index (κ3) is 4.29. The molecular weight excluding hydrogens is 292 g/mol. The summed E-state index contributed by atoms with van der Waals surface area (Å²) >= 11 is 0. The second-order valence-corrected chi connectivity index (χ2v) is 7.41. The van der Waals surface area contributed by atoms with Gasteiger partial charge in [-0.15, -0.1) is 0 Å². The molecule has 1 aromatic carbocycles. The first-order valence-corrected chi connectivity index (χ1v) is 8.54. The molecule has 1 heterocycles. The summed E-state index contributed by atoms with van der Waals surface area (Å²) in [6, 6.07) is 6.53. The van der Waals surface area contributed by atoms with Crippen molar-refractivity contribution in [3.8, 4) is 0 Å². The van der Waals surface area contributed by atoms with Crippen molar-refractivity contribution in [2.45, 2.75) is 12.8 Å². The molecule has 0 aliphatic carbocycles. The Labute approximate surface area is 123 Å². The Morgan fingerprint density at radius 3 is 2.43 bits per heavy atom. The van der Waals surface area contributed by atoms with Crippen LogP contribution in [0.5, 0.6) is 0 Å². The molecule has 1 aliphatic rings. The van der Waals surface area contributed by atoms with Gasteiger partial charge in [-0.25, -0.2) is 8.42 Å². The molecular formula is C14H18N2O4S. The van der Waals surface area contributed by atoms with Crippen molar-refractivity contribution in [1.29, 1.82) is 0 Å². The maximum atomic E-state index is 11.9. The van der Waals surface area contributed by atoms with Crippen LogP contribution in [0.2, 0.25) is 0 Å². The lowest BCUT2D eigenvalue weighted by Crippen LogP contribution is -2.19. The van der Waals surface area contributed by atoms with Crippen LogP contribution in [0.1, 0.15) is 23.2 Å². The number of benzene rings is 1. The summed E-state index contributed by atoms with van der Waals surface area (Å²) in [5, 5.41) is 5.23. The van der Waals surface area contributed by atoms with Crippen molar-refractivity contribution >= 4 is 27.3 Å². The van der Waals surface area contributed by atoms with Gasteiger partial charge in [0.15, 0.2) is 9.84 Å². The Balaban J connectivity index is 1.90. The highest BCUT2D eigenvalue weighted by atomic mass is 32.2. The van der Waals surface area contributed by atoms with Gasteiger partial charge in [0.2, 0.25) is 5.91 Å². The zero-order valence-electron chi connectivity index (χ0n) is 11.8. The second-order valence-electron chi connectivity index (χ2n) is 5.18. The van der Waals surface area contributed by atoms with Crippen LogP contribution in [0.25, 0.3) is 0 Å². The quantitative estimate of drug-likeness (QED) is 0.861. The molecule has 1 fully saturated rings. The normalized spacial score (nSPS) is 20.0. The number of nitrogens with one attached hydrogen (secondary N) is 2. The van der Waals surface area contributed by atoms with Gasteiger partial charge >= 0.3 is 0 Å². The predicted octanol–water partition coefficient (Wildman–Crippen LogP) is 0.809. The number of rotatable bonds is 4. The highest BCUT2D eigenvalue weighted by Crippen LogP contribution is 2.22. The fraction of sp³-hybridized carbons (Fsp3) is 0.429. The third-order valence-corrected chi connectivity index (χ3v) is 5.30. The molecule has 2 amide bonds. The molecule has 1 aliphatic heterocycles. The van der Waals surface area contributed by atoms with Gasteiger partial charge in [0.25, 0.3) is 5.91 Å². The first kappa shape index (κ1) is 15.5. The Hall–Kier alpha value is -1.89. The zero-order valence-corrected chi connectivity index (χ0v) is 12.6. The van der Waals surface area contributed by atoms with Crippen LogP contribution in [0.15, 0.2) is 24.3 Å². The molecule has 6 nitrogen and oxygen atoms in total. The number of carbonyl (C=O) groups excluding carboxylic acids is 2. The van der Waals surface area contributed by atoms with Crippen molar-refractivity contribution in [2.75, 3.05) is 23.9 Å². The van der Waals surface area contributed by atoms with E-state index < -0.39 is 9.84 Å². The highest BCUT2D eigenvalue weighted by molar-refractivity contribution is 7.91. The lowest BCUT2D eigenvalue weighted by atomic mass is 10.0. The molecule has 1 saturated heterocycles. The van der Waals surface area contributed by atoms with Gasteiger partial charge in [-0.3, -0.25) is 9.59 Å². The molecule has 0 aromatic heterocycles. The van der Waals surface area contributed by atoms with E-state index in [-0.39, 0.29) is 35.7 Å². The third-order valence-electron chi connectivity index (χ3n) is 3.46. The van der Waals surface area contributed by atoms with E-state index in [0.717, 1.165) is 0 Å². The number of sulfone groups is 1. The SMILES string of the molecule is CNC(=O)c1ccc(NC(=O)C[C@@H]2CCS(=O)(=O)C2)cc1. The molecule has 0 bridgehead atoms. The van der Waals surface area contributed by atoms with Crippen LogP contribution in [0.4, 0.5) is 5.69 Å². The van der Waals surface area contributed by atoms with Crippen molar-refractivity contribution < 1.29 is 18.0 Å². The average molecular weight is 310 g/mol. The largest absolute Gasteiger partial charge is 0.355 e. The van der Waals surface area contributed by atoms with Crippen molar-refractivity contribution in [2.24, 2.45) is 5.92 Å². The van der Waals surface area contributed by atoms with E-state index in [0.29, 0.717) is 17.7 Å². The lowest BCUT2D eigenvalue weighted by Gasteiger charge is -2.09. The van der Waals surface area contributed by atoms with Gasteiger partial charge in [-0.2, -0.15) is 0 Å². The Morgan fingerprint density at radius 1 is 1.24 bits per heavy atom. The van der Waals surface area contributed by atoms with Gasteiger partial charge < -0.3 is 10.6 Å². The monoisotopic (exact) mass is 310 g/mol. The number of carbonyl (C=O) groups is 2. The second kappa shape index (κ2) is 6.26. The van der Waals surface area contributed by atoms with Crippen molar-refractivity contribution in [3.63, 3.8) is 0 Å². The van der Waals surface area contributed by atoms with Gasteiger partial charge in [-0.05, 0) is 36.6 Å². The topological polar surface area (TPSA) is 92.3 Å². The molecule has 0 radical (unpaired) electrons. The van der Waals surface area contributed by atoms with E-state index in [1.807, 2.05) is 0 Å². The minimum absolute atomic E-state index is 0.0933. The van der Waals surface area contributed by atoms with Crippen molar-refractivity contribution in [3.05, 3.63) is 29.8 Å². The van der Waals surface area contributed by atoms with Crippen LogP contribution < -0.4 is 10.6 Å². The molecule has 1 aromatic rings. The Kier molecular flexibility index (Phi) is 4.62. The minimum atomic E-state index is -2.96. The molecule has 21 heavy (non-hydrogen) atoms. The van der Waals surface area contributed by atoms with Crippen LogP contribution in [0, 0.1) is 5.92 Å². The molecule has 0 unspecified atom stereocenters. The van der Waals surface area contributed by atoms with Gasteiger partial charge in [0.1, 0.15) is 0 Å². The molecule has 0 spiro atoms. The number of hydrogen-bond donors (Lipinski definition) is 2. The van der Waals surface area contributed by atoms with E-state index >= 15 is 0 Å². The molecule has 0 saturated carbocycles. The maximum Gasteiger partial charge on any atom is 0.251 e. The zero-order chi connectivity index (χ0) is 15.5. The van der Waals surface area contributed by atoms with E-state index in [2.05, 4.69) is 10.6 Å². The fourth-order valence-electron chi connectivity index (χ4n) is 2.36. The summed E-state index contributed by atoms with van der Waals surface area (Å²) in [7, 11) is -1.41. The highest BCUT2D eigenvalue weighted by Gasteiger charge is 2.29. The molecule has 114 valence electrons. The predicted molar refractivity (Wildman–Crippen MR) is 79.8 cm³/mol. The molecule has 1 atom stereocenters. The van der Waals surface area contributed by atoms with Gasteiger partial charge in [-0.1, -0.05) is 0 Å².